The van der Waals surface area contributed by atoms with Gasteiger partial charge in [0.25, 0.3) is 0 Å². The molecular formula is C22H24F3N5OS. The first-order chi connectivity index (χ1) is 15.3. The molecule has 32 heavy (non-hydrogen) atoms. The van der Waals surface area contributed by atoms with E-state index in [1.807, 2.05) is 17.7 Å². The second-order valence-electron chi connectivity index (χ2n) is 7.68. The van der Waals surface area contributed by atoms with E-state index in [0.29, 0.717) is 23.0 Å². The Morgan fingerprint density at radius 3 is 2.75 bits per heavy atom. The third-order valence-corrected chi connectivity index (χ3v) is 6.49. The quantitative estimate of drug-likeness (QED) is 0.360. The number of aromatic nitrogens is 4. The lowest BCUT2D eigenvalue weighted by atomic mass is 9.97. The van der Waals surface area contributed by atoms with Gasteiger partial charge in [-0.15, -0.1) is 10.2 Å². The van der Waals surface area contributed by atoms with Gasteiger partial charge in [0.15, 0.2) is 16.9 Å². The third kappa shape index (κ3) is 5.24. The van der Waals surface area contributed by atoms with Crippen molar-refractivity contribution in [1.82, 2.24) is 24.6 Å². The Hall–Kier alpha value is -2.59. The van der Waals surface area contributed by atoms with Crippen LogP contribution in [0.4, 0.5) is 13.2 Å². The Balaban J connectivity index is 1.25. The predicted octanol–water partition coefficient (Wildman–Crippen LogP) is 5.07. The van der Waals surface area contributed by atoms with Gasteiger partial charge in [-0.1, -0.05) is 30.0 Å². The Kier molecular flexibility index (Phi) is 6.71. The number of oxazole rings is 1. The lowest BCUT2D eigenvalue weighted by Crippen LogP contribution is -2.29. The number of nitrogens with zero attached hydrogens (tertiary/aromatic N) is 5. The summed E-state index contributed by atoms with van der Waals surface area (Å²) in [6, 6.07) is 5.59. The summed E-state index contributed by atoms with van der Waals surface area (Å²) in [5, 5.41) is 9.28. The average molecular weight is 464 g/mol. The molecule has 0 saturated carbocycles. The molecule has 4 rings (SSSR count). The first-order valence-corrected chi connectivity index (χ1v) is 11.3. The van der Waals surface area contributed by atoms with Crippen molar-refractivity contribution < 1.29 is 17.6 Å². The minimum atomic E-state index is -4.31. The standard InChI is InChI=1S/C22H24F3N5OS/c1-15-26-19(14-31-15)20-27-28-21(29(20)2)32-12-4-9-30-10-7-16(8-11-30)17-5-3-6-18(13-17)22(23,24)25/h3,5-7,13-14H,4,8-12H2,1-2H3. The van der Waals surface area contributed by atoms with E-state index >= 15 is 0 Å². The van der Waals surface area contributed by atoms with Crippen molar-refractivity contribution in [3.05, 3.63) is 53.6 Å². The molecule has 0 spiro atoms. The summed E-state index contributed by atoms with van der Waals surface area (Å²) in [5.74, 6) is 2.15. The maximum absolute atomic E-state index is 13.0. The number of aryl methyl sites for hydroxylation is 1. The topological polar surface area (TPSA) is 60.0 Å². The van der Waals surface area contributed by atoms with Crippen LogP contribution in [0.2, 0.25) is 0 Å². The van der Waals surface area contributed by atoms with E-state index in [9.17, 15) is 13.2 Å². The molecule has 0 saturated heterocycles. The summed E-state index contributed by atoms with van der Waals surface area (Å²) in [6.45, 7) is 4.29. The van der Waals surface area contributed by atoms with Gasteiger partial charge in [-0.2, -0.15) is 13.2 Å². The molecule has 0 radical (unpaired) electrons. The Bertz CT molecular complexity index is 1110. The van der Waals surface area contributed by atoms with Gasteiger partial charge in [0, 0.05) is 32.8 Å². The minimum absolute atomic E-state index is 0.587. The molecule has 10 heteroatoms. The third-order valence-electron chi connectivity index (χ3n) is 5.39. The van der Waals surface area contributed by atoms with Gasteiger partial charge in [-0.25, -0.2) is 4.98 Å². The smallest absolute Gasteiger partial charge is 0.416 e. The molecule has 1 aromatic carbocycles. The number of thioether (sulfide) groups is 1. The molecule has 0 bridgehead atoms. The molecule has 6 nitrogen and oxygen atoms in total. The zero-order chi connectivity index (χ0) is 22.7. The Morgan fingerprint density at radius 1 is 1.22 bits per heavy atom. The highest BCUT2D eigenvalue weighted by atomic mass is 32.2. The molecule has 1 aliphatic heterocycles. The summed E-state index contributed by atoms with van der Waals surface area (Å²) < 4.78 is 46.0. The zero-order valence-electron chi connectivity index (χ0n) is 17.9. The summed E-state index contributed by atoms with van der Waals surface area (Å²) in [6.07, 6.45) is 1.03. The Labute approximate surface area is 188 Å². The predicted molar refractivity (Wildman–Crippen MR) is 117 cm³/mol. The number of rotatable bonds is 7. The minimum Gasteiger partial charge on any atom is -0.449 e. The van der Waals surface area contributed by atoms with Crippen LogP contribution in [0.15, 0.2) is 46.2 Å². The van der Waals surface area contributed by atoms with Crippen LogP contribution < -0.4 is 0 Å². The van der Waals surface area contributed by atoms with Crippen LogP contribution in [0.5, 0.6) is 0 Å². The number of halogens is 3. The Morgan fingerprint density at radius 2 is 2.06 bits per heavy atom. The maximum atomic E-state index is 13.0. The van der Waals surface area contributed by atoms with E-state index < -0.39 is 11.7 Å². The maximum Gasteiger partial charge on any atom is 0.416 e. The van der Waals surface area contributed by atoms with Gasteiger partial charge in [0.05, 0.1) is 5.56 Å². The van der Waals surface area contributed by atoms with Crippen LogP contribution >= 0.6 is 11.8 Å². The largest absolute Gasteiger partial charge is 0.449 e. The molecule has 0 amide bonds. The molecule has 0 unspecified atom stereocenters. The van der Waals surface area contributed by atoms with Crippen molar-refractivity contribution in [3.8, 4) is 11.5 Å². The van der Waals surface area contributed by atoms with Gasteiger partial charge < -0.3 is 8.98 Å². The first-order valence-electron chi connectivity index (χ1n) is 10.3. The average Bonchev–Trinajstić information content (AvgIpc) is 3.36. The fourth-order valence-corrected chi connectivity index (χ4v) is 4.49. The highest BCUT2D eigenvalue weighted by Gasteiger charge is 2.30. The van der Waals surface area contributed by atoms with Crippen molar-refractivity contribution in [2.75, 3.05) is 25.4 Å². The van der Waals surface area contributed by atoms with Crippen LogP contribution in [0, 0.1) is 6.92 Å². The van der Waals surface area contributed by atoms with Crippen LogP contribution in [-0.2, 0) is 13.2 Å². The van der Waals surface area contributed by atoms with Crippen LogP contribution in [0.3, 0.4) is 0 Å². The lowest BCUT2D eigenvalue weighted by molar-refractivity contribution is -0.137. The molecule has 3 aromatic rings. The molecule has 0 atom stereocenters. The van der Waals surface area contributed by atoms with Gasteiger partial charge in [0.1, 0.15) is 12.0 Å². The van der Waals surface area contributed by atoms with Gasteiger partial charge in [-0.3, -0.25) is 4.90 Å². The summed E-state index contributed by atoms with van der Waals surface area (Å²) in [7, 11) is 1.91. The van der Waals surface area contributed by atoms with Crippen LogP contribution in [0.1, 0.15) is 29.9 Å². The SMILES string of the molecule is Cc1nc(-c2nnc(SCCCN3CC=C(c4cccc(C(F)(F)F)c4)CC3)n2C)co1. The normalized spacial score (nSPS) is 15.2. The molecule has 2 aromatic heterocycles. The van der Waals surface area contributed by atoms with Crippen molar-refractivity contribution >= 4 is 17.3 Å². The highest BCUT2D eigenvalue weighted by Crippen LogP contribution is 2.32. The van der Waals surface area contributed by atoms with E-state index in [1.54, 1.807) is 31.0 Å². The van der Waals surface area contributed by atoms with E-state index in [-0.39, 0.29) is 0 Å². The molecule has 0 N–H and O–H groups in total. The molecule has 170 valence electrons. The lowest BCUT2D eigenvalue weighted by Gasteiger charge is -2.26. The summed E-state index contributed by atoms with van der Waals surface area (Å²) in [4.78, 5) is 6.61. The van der Waals surface area contributed by atoms with Gasteiger partial charge >= 0.3 is 6.18 Å². The first kappa shape index (κ1) is 22.6. The number of alkyl halides is 3. The van der Waals surface area contributed by atoms with Crippen molar-refractivity contribution in [3.63, 3.8) is 0 Å². The number of hydrogen-bond donors (Lipinski definition) is 0. The molecule has 1 aliphatic rings. The molecular weight excluding hydrogens is 439 g/mol. The number of benzene rings is 1. The highest BCUT2D eigenvalue weighted by molar-refractivity contribution is 7.99. The van der Waals surface area contributed by atoms with Crippen molar-refractivity contribution in [1.29, 1.82) is 0 Å². The van der Waals surface area contributed by atoms with E-state index in [2.05, 4.69) is 20.1 Å². The van der Waals surface area contributed by atoms with E-state index in [0.717, 1.165) is 55.0 Å². The summed E-state index contributed by atoms with van der Waals surface area (Å²) in [5.41, 5.74) is 1.72. The molecule has 3 heterocycles. The second-order valence-corrected chi connectivity index (χ2v) is 8.74. The fourth-order valence-electron chi connectivity index (χ4n) is 3.65. The summed E-state index contributed by atoms with van der Waals surface area (Å²) >= 11 is 1.64. The molecule has 0 fully saturated rings. The van der Waals surface area contributed by atoms with Crippen molar-refractivity contribution in [2.24, 2.45) is 7.05 Å². The van der Waals surface area contributed by atoms with Crippen LogP contribution in [-0.4, -0.2) is 50.0 Å². The monoisotopic (exact) mass is 463 g/mol. The van der Waals surface area contributed by atoms with E-state index in [1.165, 1.54) is 12.1 Å². The number of hydrogen-bond acceptors (Lipinski definition) is 6. The molecule has 0 aliphatic carbocycles. The fraction of sp³-hybridized carbons (Fsp3) is 0.409. The van der Waals surface area contributed by atoms with Gasteiger partial charge in [0.2, 0.25) is 0 Å². The van der Waals surface area contributed by atoms with Crippen LogP contribution in [0.25, 0.3) is 17.1 Å². The van der Waals surface area contributed by atoms with E-state index in [4.69, 9.17) is 4.42 Å². The van der Waals surface area contributed by atoms with Crippen molar-refractivity contribution in [2.45, 2.75) is 31.1 Å². The zero-order valence-corrected chi connectivity index (χ0v) is 18.7. The second kappa shape index (κ2) is 9.50. The van der Waals surface area contributed by atoms with Gasteiger partial charge in [-0.05, 0) is 42.7 Å².